The van der Waals surface area contributed by atoms with Crippen LogP contribution in [0.5, 0.6) is 5.75 Å². The number of ether oxygens (including phenoxy) is 2. The first-order valence-corrected chi connectivity index (χ1v) is 9.92. The number of fused-ring (bicyclic) bond motifs is 1. The molecule has 0 aliphatic heterocycles. The van der Waals surface area contributed by atoms with Crippen LogP contribution in [0, 0.1) is 0 Å². The van der Waals surface area contributed by atoms with Gasteiger partial charge in [0.1, 0.15) is 22.7 Å². The largest absolute Gasteiger partial charge is 0.497 e. The lowest BCUT2D eigenvalue weighted by Gasteiger charge is -2.19. The second-order valence-electron chi connectivity index (χ2n) is 8.02. The minimum Gasteiger partial charge on any atom is -0.497 e. The number of methoxy groups -OCH3 is 1. The van der Waals surface area contributed by atoms with E-state index in [0.717, 1.165) is 28.4 Å². The summed E-state index contributed by atoms with van der Waals surface area (Å²) >= 11 is 0. The highest BCUT2D eigenvalue weighted by molar-refractivity contribution is 5.87. The number of carbonyl (C=O) groups is 1. The summed E-state index contributed by atoms with van der Waals surface area (Å²) in [4.78, 5) is 21.5. The summed E-state index contributed by atoms with van der Waals surface area (Å²) < 4.78 is 12.6. The monoisotopic (exact) mass is 416 g/mol. The van der Waals surface area contributed by atoms with Crippen molar-refractivity contribution >= 4 is 17.4 Å². The molecule has 3 aromatic heterocycles. The number of anilines is 1. The molecule has 0 aliphatic carbocycles. The Morgan fingerprint density at radius 3 is 2.48 bits per heavy atom. The summed E-state index contributed by atoms with van der Waals surface area (Å²) in [6.07, 6.45) is 3.11. The molecule has 0 unspecified atom stereocenters. The maximum absolute atomic E-state index is 12.2. The third-order valence-corrected chi connectivity index (χ3v) is 4.54. The lowest BCUT2D eigenvalue weighted by molar-refractivity contribution is 0.0636. The molecule has 4 rings (SSSR count). The van der Waals surface area contributed by atoms with E-state index in [1.54, 1.807) is 13.3 Å². The van der Waals surface area contributed by atoms with Gasteiger partial charge >= 0.3 is 6.09 Å². The molecule has 1 aromatic carbocycles. The Labute approximate surface area is 180 Å². The van der Waals surface area contributed by atoms with Crippen LogP contribution in [0.15, 0.2) is 67.0 Å². The zero-order valence-electron chi connectivity index (χ0n) is 17.9. The number of amides is 1. The Morgan fingerprint density at radius 2 is 1.84 bits per heavy atom. The molecule has 3 heterocycles. The number of hydrogen-bond acceptors (Lipinski definition) is 5. The number of imidazole rings is 1. The van der Waals surface area contributed by atoms with Crippen molar-refractivity contribution in [1.29, 1.82) is 0 Å². The fraction of sp³-hybridized carbons (Fsp3) is 0.208. The van der Waals surface area contributed by atoms with Gasteiger partial charge in [-0.15, -0.1) is 0 Å². The van der Waals surface area contributed by atoms with Crippen molar-refractivity contribution in [2.45, 2.75) is 26.4 Å². The van der Waals surface area contributed by atoms with E-state index in [2.05, 4.69) is 10.3 Å². The van der Waals surface area contributed by atoms with Crippen molar-refractivity contribution in [1.82, 2.24) is 14.4 Å². The minimum atomic E-state index is -0.574. The second kappa shape index (κ2) is 8.10. The number of rotatable bonds is 4. The summed E-state index contributed by atoms with van der Waals surface area (Å²) in [6.45, 7) is 5.47. The molecular formula is C24H24N4O3. The van der Waals surface area contributed by atoms with Gasteiger partial charge in [0.15, 0.2) is 0 Å². The van der Waals surface area contributed by atoms with Gasteiger partial charge in [-0.3, -0.25) is 14.7 Å². The molecule has 158 valence electrons. The van der Waals surface area contributed by atoms with E-state index in [9.17, 15) is 4.79 Å². The average molecular weight is 416 g/mol. The number of pyridine rings is 2. The van der Waals surface area contributed by atoms with Crippen LogP contribution in [-0.2, 0) is 4.74 Å². The molecular weight excluding hydrogens is 392 g/mol. The molecule has 31 heavy (non-hydrogen) atoms. The van der Waals surface area contributed by atoms with Crippen molar-refractivity contribution < 1.29 is 14.3 Å². The third-order valence-electron chi connectivity index (χ3n) is 4.54. The summed E-state index contributed by atoms with van der Waals surface area (Å²) in [5.41, 5.74) is 4.09. The lowest BCUT2D eigenvalue weighted by atomic mass is 10.1. The Morgan fingerprint density at radius 1 is 1.06 bits per heavy atom. The van der Waals surface area contributed by atoms with Crippen molar-refractivity contribution in [3.63, 3.8) is 0 Å². The lowest BCUT2D eigenvalue weighted by Crippen LogP contribution is -2.27. The zero-order chi connectivity index (χ0) is 22.0. The molecule has 0 radical (unpaired) electrons. The molecule has 0 fully saturated rings. The van der Waals surface area contributed by atoms with E-state index in [4.69, 9.17) is 14.5 Å². The molecule has 7 heteroatoms. The van der Waals surface area contributed by atoms with Crippen LogP contribution < -0.4 is 10.1 Å². The van der Waals surface area contributed by atoms with E-state index >= 15 is 0 Å². The normalized spacial score (nSPS) is 11.4. The van der Waals surface area contributed by atoms with Gasteiger partial charge in [-0.25, -0.2) is 9.78 Å². The second-order valence-corrected chi connectivity index (χ2v) is 8.02. The highest BCUT2D eigenvalue weighted by Gasteiger charge is 2.19. The molecule has 0 atom stereocenters. The third kappa shape index (κ3) is 4.50. The number of carbonyl (C=O) groups excluding carboxylic acids is 1. The fourth-order valence-corrected chi connectivity index (χ4v) is 3.25. The quantitative estimate of drug-likeness (QED) is 0.481. The van der Waals surface area contributed by atoms with Crippen LogP contribution >= 0.6 is 0 Å². The standard InChI is InChI=1S/C24H24N4O3/c1-24(2,3)31-23(29)26-17-12-14-28-20(15-17)27-21(19-7-5-6-13-25-19)22(28)16-8-10-18(30-4)11-9-16/h5-15H,1-4H3,(H,26,29). The molecule has 0 spiro atoms. The Bertz CT molecular complexity index is 1210. The van der Waals surface area contributed by atoms with Crippen LogP contribution in [0.1, 0.15) is 20.8 Å². The Balaban J connectivity index is 1.79. The van der Waals surface area contributed by atoms with Crippen LogP contribution in [0.25, 0.3) is 28.3 Å². The Hall–Kier alpha value is -3.87. The summed E-state index contributed by atoms with van der Waals surface area (Å²) in [6, 6.07) is 17.1. The molecule has 1 N–H and O–H groups in total. The molecule has 0 bridgehead atoms. The van der Waals surface area contributed by atoms with Gasteiger partial charge < -0.3 is 9.47 Å². The molecule has 4 aromatic rings. The van der Waals surface area contributed by atoms with Gasteiger partial charge in [-0.05, 0) is 63.2 Å². The number of hydrogen-bond donors (Lipinski definition) is 1. The number of nitrogens with one attached hydrogen (secondary N) is 1. The predicted molar refractivity (Wildman–Crippen MR) is 120 cm³/mol. The first-order valence-electron chi connectivity index (χ1n) is 9.92. The van der Waals surface area contributed by atoms with Gasteiger partial charge in [0.05, 0.1) is 18.5 Å². The first-order chi connectivity index (χ1) is 14.8. The maximum atomic E-state index is 12.2. The van der Waals surface area contributed by atoms with Crippen molar-refractivity contribution in [3.05, 3.63) is 67.0 Å². The Kier molecular flexibility index (Phi) is 5.33. The van der Waals surface area contributed by atoms with E-state index in [-0.39, 0.29) is 0 Å². The van der Waals surface area contributed by atoms with Crippen molar-refractivity contribution in [2.24, 2.45) is 0 Å². The number of nitrogens with zero attached hydrogens (tertiary/aromatic N) is 3. The maximum Gasteiger partial charge on any atom is 0.412 e. The van der Waals surface area contributed by atoms with Crippen LogP contribution in [0.3, 0.4) is 0 Å². The van der Waals surface area contributed by atoms with Crippen molar-refractivity contribution in [2.75, 3.05) is 12.4 Å². The number of aromatic nitrogens is 3. The van der Waals surface area contributed by atoms with Gasteiger partial charge in [0.25, 0.3) is 0 Å². The van der Waals surface area contributed by atoms with E-state index in [1.807, 2.05) is 86.0 Å². The molecule has 0 aliphatic rings. The predicted octanol–water partition coefficient (Wildman–Crippen LogP) is 5.42. The van der Waals surface area contributed by atoms with Crippen LogP contribution in [-0.4, -0.2) is 33.2 Å². The highest BCUT2D eigenvalue weighted by atomic mass is 16.6. The minimum absolute atomic E-state index is 0.510. The summed E-state index contributed by atoms with van der Waals surface area (Å²) in [5, 5.41) is 2.77. The molecule has 0 saturated carbocycles. The van der Waals surface area contributed by atoms with Gasteiger partial charge in [0.2, 0.25) is 0 Å². The van der Waals surface area contributed by atoms with E-state index < -0.39 is 11.7 Å². The molecule has 7 nitrogen and oxygen atoms in total. The average Bonchev–Trinajstić information content (AvgIpc) is 3.12. The van der Waals surface area contributed by atoms with E-state index in [0.29, 0.717) is 11.3 Å². The highest BCUT2D eigenvalue weighted by Crippen LogP contribution is 2.33. The van der Waals surface area contributed by atoms with Gasteiger partial charge in [-0.1, -0.05) is 6.07 Å². The van der Waals surface area contributed by atoms with E-state index in [1.165, 1.54) is 0 Å². The SMILES string of the molecule is COc1ccc(-c2c(-c3ccccn3)nc3cc(NC(=O)OC(C)(C)C)ccn23)cc1. The number of benzene rings is 1. The molecule has 0 saturated heterocycles. The summed E-state index contributed by atoms with van der Waals surface area (Å²) in [7, 11) is 1.64. The first kappa shape index (κ1) is 20.4. The van der Waals surface area contributed by atoms with Crippen LogP contribution in [0.4, 0.5) is 10.5 Å². The van der Waals surface area contributed by atoms with Gasteiger partial charge in [-0.2, -0.15) is 0 Å². The topological polar surface area (TPSA) is 77.8 Å². The zero-order valence-corrected chi connectivity index (χ0v) is 17.9. The fourth-order valence-electron chi connectivity index (χ4n) is 3.25. The smallest absolute Gasteiger partial charge is 0.412 e. The van der Waals surface area contributed by atoms with Gasteiger partial charge in [0, 0.05) is 29.7 Å². The van der Waals surface area contributed by atoms with Crippen LogP contribution in [0.2, 0.25) is 0 Å². The molecule has 1 amide bonds. The summed E-state index contributed by atoms with van der Waals surface area (Å²) in [5.74, 6) is 0.779. The van der Waals surface area contributed by atoms with Crippen molar-refractivity contribution in [3.8, 4) is 28.4 Å².